The van der Waals surface area contributed by atoms with Crippen molar-refractivity contribution in [2.24, 2.45) is 0 Å². The van der Waals surface area contributed by atoms with Gasteiger partial charge in [0.05, 0.1) is 6.20 Å². The predicted molar refractivity (Wildman–Crippen MR) is 173 cm³/mol. The van der Waals surface area contributed by atoms with Crippen molar-refractivity contribution in [3.63, 3.8) is 0 Å². The van der Waals surface area contributed by atoms with E-state index in [1.54, 1.807) is 22.0 Å². The van der Waals surface area contributed by atoms with Crippen molar-refractivity contribution in [2.75, 3.05) is 31.1 Å². The first-order valence-electron chi connectivity index (χ1n) is 15.6. The van der Waals surface area contributed by atoms with E-state index in [-0.39, 0.29) is 23.8 Å². The summed E-state index contributed by atoms with van der Waals surface area (Å²) in [5.41, 5.74) is 5.85. The van der Waals surface area contributed by atoms with Crippen LogP contribution in [0, 0.1) is 0 Å². The van der Waals surface area contributed by atoms with Gasteiger partial charge in [-0.2, -0.15) is 4.40 Å². The molecule has 236 valence electrons. The van der Waals surface area contributed by atoms with E-state index in [1.165, 1.54) is 0 Å². The number of H-pyrrole nitrogens is 1. The summed E-state index contributed by atoms with van der Waals surface area (Å²) in [7, 11) is 0. The van der Waals surface area contributed by atoms with E-state index in [4.69, 9.17) is 11.6 Å². The summed E-state index contributed by atoms with van der Waals surface area (Å²) in [6, 6.07) is 11.4. The molecule has 2 aromatic carbocycles. The van der Waals surface area contributed by atoms with Gasteiger partial charge in [0.25, 0.3) is 5.91 Å². The molecule has 3 aliphatic heterocycles. The van der Waals surface area contributed by atoms with Crippen LogP contribution in [0.1, 0.15) is 41.3 Å². The predicted octanol–water partition coefficient (Wildman–Crippen LogP) is 2.89. The maximum atomic E-state index is 13.3. The maximum absolute atomic E-state index is 13.3. The fraction of sp³-hybridized carbons (Fsp3) is 0.324. The van der Waals surface area contributed by atoms with Crippen molar-refractivity contribution in [2.45, 2.75) is 45.4 Å². The third kappa shape index (κ3) is 5.50. The van der Waals surface area contributed by atoms with Crippen molar-refractivity contribution in [1.29, 1.82) is 0 Å². The number of hydrogen-bond donors (Lipinski definition) is 2. The molecule has 11 nitrogen and oxygen atoms in total. The van der Waals surface area contributed by atoms with Crippen molar-refractivity contribution < 1.29 is 18.8 Å². The van der Waals surface area contributed by atoms with Gasteiger partial charge in [0.2, 0.25) is 23.7 Å². The van der Waals surface area contributed by atoms with Gasteiger partial charge in [-0.15, -0.1) is 0 Å². The normalized spacial score (nSPS) is 19.0. The molecule has 0 radical (unpaired) electrons. The van der Waals surface area contributed by atoms with Crippen LogP contribution in [0.4, 0.5) is 5.69 Å². The molecule has 2 N–H and O–H groups in total. The summed E-state index contributed by atoms with van der Waals surface area (Å²) in [5.74, 6) is -0.842. The topological polar surface area (TPSA) is 115 Å². The van der Waals surface area contributed by atoms with Crippen LogP contribution in [0.2, 0.25) is 5.02 Å². The van der Waals surface area contributed by atoms with Crippen molar-refractivity contribution in [3.8, 4) is 11.3 Å². The number of carbonyl (C=O) groups excluding carboxylic acids is 3. The minimum Gasteiger partial charge on any atom is -0.369 e. The molecule has 1 unspecified atom stereocenters. The molecule has 2 saturated heterocycles. The van der Waals surface area contributed by atoms with E-state index in [0.717, 1.165) is 54.3 Å². The number of halogens is 1. The molecule has 3 amide bonds. The van der Waals surface area contributed by atoms with Crippen molar-refractivity contribution in [3.05, 3.63) is 99.3 Å². The Morgan fingerprint density at radius 2 is 1.87 bits per heavy atom. The Morgan fingerprint density at radius 1 is 1.04 bits per heavy atom. The zero-order valence-electron chi connectivity index (χ0n) is 25.5. The molecule has 12 heteroatoms. The zero-order valence-corrected chi connectivity index (χ0v) is 26.3. The van der Waals surface area contributed by atoms with Gasteiger partial charge in [0, 0.05) is 74.1 Å². The first-order chi connectivity index (χ1) is 22.3. The standard InChI is InChI=1S/C34H34ClN7O4/c1-2-3-10-40-20-30(42-21-36-17-29(42)34(40)46)22-4-5-24(27(35)15-22)18-38-11-13-39(14-12-38)25-7-6-23-19-41(33(45)26(23)16-25)28-8-9-31(43)37-32(28)44/h2-7,15-17,20-21,28H,8-14,18-19H2,1H3,(H,37,43,44)/p+1/b3-2+. The molecule has 0 aliphatic carbocycles. The van der Waals surface area contributed by atoms with Crippen LogP contribution < -0.4 is 20.2 Å². The number of allylic oxidation sites excluding steroid dienone is 2. The second-order valence-corrected chi connectivity index (χ2v) is 12.5. The van der Waals surface area contributed by atoms with E-state index < -0.39 is 11.9 Å². The van der Waals surface area contributed by atoms with E-state index in [1.807, 2.05) is 53.9 Å². The van der Waals surface area contributed by atoms with Crippen LogP contribution in [-0.4, -0.2) is 69.3 Å². The number of aromatic amines is 1. The molecule has 5 heterocycles. The summed E-state index contributed by atoms with van der Waals surface area (Å²) in [6.45, 7) is 6.79. The Balaban J connectivity index is 1.01. The van der Waals surface area contributed by atoms with E-state index >= 15 is 0 Å². The van der Waals surface area contributed by atoms with Crippen LogP contribution in [0.15, 0.2) is 72.1 Å². The van der Waals surface area contributed by atoms with Gasteiger partial charge < -0.3 is 14.4 Å². The summed E-state index contributed by atoms with van der Waals surface area (Å²) in [6.07, 6.45) is 9.83. The number of benzene rings is 2. The minimum absolute atomic E-state index is 0.0642. The van der Waals surface area contributed by atoms with Gasteiger partial charge in [-0.25, -0.2) is 4.98 Å². The molecule has 4 aromatic rings. The Hall–Kier alpha value is -4.74. The van der Waals surface area contributed by atoms with E-state index in [0.29, 0.717) is 42.2 Å². The molecule has 1 atom stereocenters. The van der Waals surface area contributed by atoms with Crippen molar-refractivity contribution in [1.82, 2.24) is 24.7 Å². The summed E-state index contributed by atoms with van der Waals surface area (Å²) in [5, 5.41) is 3.03. The summed E-state index contributed by atoms with van der Waals surface area (Å²) in [4.78, 5) is 59.4. The van der Waals surface area contributed by atoms with Gasteiger partial charge in [-0.05, 0) is 42.7 Å². The van der Waals surface area contributed by atoms with Gasteiger partial charge in [-0.1, -0.05) is 42.0 Å². The maximum Gasteiger partial charge on any atom is 0.302 e. The van der Waals surface area contributed by atoms with Gasteiger partial charge in [0.15, 0.2) is 5.69 Å². The summed E-state index contributed by atoms with van der Waals surface area (Å²) >= 11 is 6.84. The highest BCUT2D eigenvalue weighted by atomic mass is 35.5. The summed E-state index contributed by atoms with van der Waals surface area (Å²) < 4.78 is 3.56. The SMILES string of the molecule is C/C=C/Cn1cc(-c2ccc(CN3CCN(c4ccc5c(c4)C(=O)N(C4CCC(=O)NC4=O)C5)CC3)c(Cl)c2)[n+]2c[nH]cc2c1=O. The number of fused-ring (bicyclic) bond motifs is 2. The van der Waals surface area contributed by atoms with E-state index in [9.17, 15) is 19.2 Å². The number of hydrogen-bond acceptors (Lipinski definition) is 6. The lowest BCUT2D eigenvalue weighted by Gasteiger charge is -2.36. The largest absolute Gasteiger partial charge is 0.369 e. The number of imidazole rings is 1. The van der Waals surface area contributed by atoms with Crippen LogP contribution >= 0.6 is 11.6 Å². The number of piperazine rings is 1. The van der Waals surface area contributed by atoms with Gasteiger partial charge in [0.1, 0.15) is 12.2 Å². The molecule has 7 rings (SSSR count). The second-order valence-electron chi connectivity index (χ2n) is 12.0. The Labute approximate surface area is 270 Å². The first-order valence-corrected chi connectivity index (χ1v) is 15.9. The molecule has 46 heavy (non-hydrogen) atoms. The van der Waals surface area contributed by atoms with Crippen LogP contribution in [0.5, 0.6) is 0 Å². The smallest absolute Gasteiger partial charge is 0.302 e. The highest BCUT2D eigenvalue weighted by molar-refractivity contribution is 6.31. The van der Waals surface area contributed by atoms with Gasteiger partial charge >= 0.3 is 5.56 Å². The van der Waals surface area contributed by atoms with Crippen LogP contribution in [0.3, 0.4) is 0 Å². The number of amides is 3. The zero-order chi connectivity index (χ0) is 31.9. The van der Waals surface area contributed by atoms with Gasteiger partial charge in [-0.3, -0.25) is 29.4 Å². The second kappa shape index (κ2) is 12.2. The molecule has 3 aliphatic rings. The molecule has 0 spiro atoms. The average Bonchev–Trinajstić information content (AvgIpc) is 3.67. The highest BCUT2D eigenvalue weighted by Gasteiger charge is 2.39. The number of piperidine rings is 1. The Bertz CT molecular complexity index is 1960. The van der Waals surface area contributed by atoms with Crippen LogP contribution in [0.25, 0.3) is 16.8 Å². The average molecular weight is 641 g/mol. The van der Waals surface area contributed by atoms with E-state index in [2.05, 4.69) is 32.2 Å². The number of carbonyl (C=O) groups is 3. The number of anilines is 1. The molecule has 0 bridgehead atoms. The number of nitrogens with zero attached hydrogens (tertiary/aromatic N) is 5. The fourth-order valence-electron chi connectivity index (χ4n) is 6.66. The quantitative estimate of drug-likeness (QED) is 0.182. The number of aromatic nitrogens is 3. The van der Waals surface area contributed by atoms with Crippen molar-refractivity contribution >= 4 is 40.5 Å². The lowest BCUT2D eigenvalue weighted by Crippen LogP contribution is -2.52. The lowest BCUT2D eigenvalue weighted by atomic mass is 10.0. The third-order valence-corrected chi connectivity index (χ3v) is 9.58. The Morgan fingerprint density at radius 3 is 2.63 bits per heavy atom. The third-order valence-electron chi connectivity index (χ3n) is 9.23. The molecule has 0 saturated carbocycles. The Kier molecular flexibility index (Phi) is 7.95. The number of rotatable bonds is 7. The first kappa shape index (κ1) is 29.9. The highest BCUT2D eigenvalue weighted by Crippen LogP contribution is 2.31. The molecule has 2 aromatic heterocycles. The minimum atomic E-state index is -0.614. The monoisotopic (exact) mass is 640 g/mol. The van der Waals surface area contributed by atoms with Crippen LogP contribution in [-0.2, 0) is 29.2 Å². The number of imide groups is 1. The molecular weight excluding hydrogens is 606 g/mol. The lowest BCUT2D eigenvalue weighted by molar-refractivity contribution is -0.500. The molecule has 2 fully saturated rings. The fourth-order valence-corrected chi connectivity index (χ4v) is 6.90. The number of nitrogens with one attached hydrogen (secondary N) is 2. The molecular formula is C34H35ClN7O4+.